The zero-order chi connectivity index (χ0) is 16.8. The molecule has 118 valence electrons. The van der Waals surface area contributed by atoms with Crippen molar-refractivity contribution in [2.45, 2.75) is 0 Å². The van der Waals surface area contributed by atoms with Crippen LogP contribution < -0.4 is 16.4 Å². The summed E-state index contributed by atoms with van der Waals surface area (Å²) >= 11 is 0. The minimum absolute atomic E-state index is 0.328. The number of urea groups is 1. The Labute approximate surface area is 132 Å². The van der Waals surface area contributed by atoms with Crippen molar-refractivity contribution in [2.75, 3.05) is 17.7 Å². The zero-order valence-electron chi connectivity index (χ0n) is 12.3. The molecule has 0 aliphatic heterocycles. The average Bonchev–Trinajstić information content (AvgIpc) is 2.54. The average molecular weight is 313 g/mol. The van der Waals surface area contributed by atoms with Gasteiger partial charge in [-0.25, -0.2) is 9.59 Å². The van der Waals surface area contributed by atoms with Crippen LogP contribution >= 0.6 is 0 Å². The highest BCUT2D eigenvalue weighted by Gasteiger charge is 2.10. The van der Waals surface area contributed by atoms with Crippen LogP contribution in [0.2, 0.25) is 0 Å². The van der Waals surface area contributed by atoms with Gasteiger partial charge in [0.1, 0.15) is 0 Å². The molecule has 0 aliphatic rings. The predicted molar refractivity (Wildman–Crippen MR) is 85.4 cm³/mol. The topological polar surface area (TPSA) is 111 Å². The van der Waals surface area contributed by atoms with Gasteiger partial charge in [-0.15, -0.1) is 0 Å². The summed E-state index contributed by atoms with van der Waals surface area (Å²) < 4.78 is 4.63. The van der Waals surface area contributed by atoms with E-state index in [0.717, 1.165) is 0 Å². The number of ether oxygens (including phenoxy) is 1. The van der Waals surface area contributed by atoms with E-state index in [9.17, 15) is 14.4 Å². The van der Waals surface area contributed by atoms with Crippen molar-refractivity contribution in [1.29, 1.82) is 0 Å². The van der Waals surface area contributed by atoms with Gasteiger partial charge >= 0.3 is 12.0 Å². The number of nitrogens with one attached hydrogen (secondary N) is 2. The minimum atomic E-state index is -0.715. The van der Waals surface area contributed by atoms with Crippen LogP contribution in [0.4, 0.5) is 16.2 Å². The number of hydrogen-bond donors (Lipinski definition) is 3. The van der Waals surface area contributed by atoms with E-state index in [1.165, 1.54) is 19.2 Å². The van der Waals surface area contributed by atoms with E-state index >= 15 is 0 Å². The largest absolute Gasteiger partial charge is 0.465 e. The molecule has 0 radical (unpaired) electrons. The molecule has 0 spiro atoms. The Bertz CT molecular complexity index is 758. The second-order valence-corrected chi connectivity index (χ2v) is 4.60. The summed E-state index contributed by atoms with van der Waals surface area (Å²) in [7, 11) is 1.28. The van der Waals surface area contributed by atoms with Crippen molar-refractivity contribution in [2.24, 2.45) is 5.73 Å². The van der Waals surface area contributed by atoms with Gasteiger partial charge in [0.05, 0.1) is 12.7 Å². The molecule has 0 atom stereocenters. The van der Waals surface area contributed by atoms with Crippen LogP contribution in [0.3, 0.4) is 0 Å². The van der Waals surface area contributed by atoms with Crippen molar-refractivity contribution >= 4 is 29.3 Å². The lowest BCUT2D eigenvalue weighted by atomic mass is 10.1. The first kappa shape index (κ1) is 16.0. The fourth-order valence-electron chi connectivity index (χ4n) is 1.93. The van der Waals surface area contributed by atoms with E-state index in [2.05, 4.69) is 15.4 Å². The molecule has 0 aromatic heterocycles. The first-order valence-electron chi connectivity index (χ1n) is 6.66. The number of hydrogen-bond acceptors (Lipinski definition) is 4. The molecule has 0 saturated heterocycles. The third kappa shape index (κ3) is 4.31. The summed E-state index contributed by atoms with van der Waals surface area (Å²) in [4.78, 5) is 34.6. The number of amides is 3. The Morgan fingerprint density at radius 2 is 1.48 bits per heavy atom. The maximum absolute atomic E-state index is 12.2. The van der Waals surface area contributed by atoms with Gasteiger partial charge in [0, 0.05) is 16.9 Å². The molecular formula is C16H15N3O4. The van der Waals surface area contributed by atoms with E-state index in [-0.39, 0.29) is 5.91 Å². The van der Waals surface area contributed by atoms with Crippen LogP contribution in [-0.4, -0.2) is 25.0 Å². The van der Waals surface area contributed by atoms with E-state index in [1.807, 2.05) is 0 Å². The number of benzene rings is 2. The number of nitrogens with two attached hydrogens (primary N) is 1. The van der Waals surface area contributed by atoms with Gasteiger partial charge < -0.3 is 21.1 Å². The Balaban J connectivity index is 2.16. The summed E-state index contributed by atoms with van der Waals surface area (Å²) in [5.74, 6) is -0.881. The summed E-state index contributed by atoms with van der Waals surface area (Å²) in [5, 5.41) is 5.06. The summed E-state index contributed by atoms with van der Waals surface area (Å²) in [6, 6.07) is 12.0. The minimum Gasteiger partial charge on any atom is -0.465 e. The standard InChI is InChI=1S/C16H15N3O4/c1-23-15(21)11-5-3-6-12(9-11)18-14(20)10-4-2-7-13(8-10)19-16(17)22/h2-9H,1H3,(H,18,20)(H3,17,19,22). The summed E-state index contributed by atoms with van der Waals surface area (Å²) in [6.07, 6.45) is 0. The smallest absolute Gasteiger partial charge is 0.337 e. The lowest BCUT2D eigenvalue weighted by molar-refractivity contribution is 0.0600. The third-order valence-corrected chi connectivity index (χ3v) is 2.93. The van der Waals surface area contributed by atoms with E-state index < -0.39 is 12.0 Å². The highest BCUT2D eigenvalue weighted by molar-refractivity contribution is 6.05. The van der Waals surface area contributed by atoms with Crippen LogP contribution in [0.1, 0.15) is 20.7 Å². The molecule has 0 aliphatic carbocycles. The third-order valence-electron chi connectivity index (χ3n) is 2.93. The normalized spacial score (nSPS) is 9.78. The molecule has 23 heavy (non-hydrogen) atoms. The molecule has 2 rings (SSSR count). The van der Waals surface area contributed by atoms with Gasteiger partial charge in [-0.05, 0) is 36.4 Å². The lowest BCUT2D eigenvalue weighted by Gasteiger charge is -2.08. The van der Waals surface area contributed by atoms with Gasteiger partial charge in [-0.3, -0.25) is 4.79 Å². The van der Waals surface area contributed by atoms with Gasteiger partial charge in [0.15, 0.2) is 0 Å². The van der Waals surface area contributed by atoms with Crippen LogP contribution in [0, 0.1) is 0 Å². The molecule has 2 aromatic rings. The predicted octanol–water partition coefficient (Wildman–Crippen LogP) is 2.22. The Kier molecular flexibility index (Phi) is 4.93. The van der Waals surface area contributed by atoms with Crippen molar-refractivity contribution in [3.63, 3.8) is 0 Å². The van der Waals surface area contributed by atoms with Crippen molar-refractivity contribution in [1.82, 2.24) is 0 Å². The SMILES string of the molecule is COC(=O)c1cccc(NC(=O)c2cccc(NC(N)=O)c2)c1. The second-order valence-electron chi connectivity index (χ2n) is 4.60. The second kappa shape index (κ2) is 7.08. The molecule has 0 saturated carbocycles. The molecule has 2 aromatic carbocycles. The van der Waals surface area contributed by atoms with E-state index in [4.69, 9.17) is 5.73 Å². The maximum atomic E-state index is 12.2. The van der Waals surface area contributed by atoms with Crippen LogP contribution in [0.25, 0.3) is 0 Å². The molecular weight excluding hydrogens is 298 g/mol. The zero-order valence-corrected chi connectivity index (χ0v) is 12.3. The molecule has 4 N–H and O–H groups in total. The molecule has 0 heterocycles. The number of rotatable bonds is 4. The van der Waals surface area contributed by atoms with Crippen molar-refractivity contribution in [3.8, 4) is 0 Å². The molecule has 7 heteroatoms. The van der Waals surface area contributed by atoms with Crippen molar-refractivity contribution in [3.05, 3.63) is 59.7 Å². The first-order chi connectivity index (χ1) is 11.0. The molecule has 0 fully saturated rings. The van der Waals surface area contributed by atoms with E-state index in [0.29, 0.717) is 22.5 Å². The lowest BCUT2D eigenvalue weighted by Crippen LogP contribution is -2.20. The Morgan fingerprint density at radius 3 is 2.09 bits per heavy atom. The number of anilines is 2. The Hall–Kier alpha value is -3.35. The number of methoxy groups -OCH3 is 1. The van der Waals surface area contributed by atoms with Crippen LogP contribution in [0.15, 0.2) is 48.5 Å². The Morgan fingerprint density at radius 1 is 0.913 bits per heavy atom. The monoisotopic (exact) mass is 313 g/mol. The summed E-state index contributed by atoms with van der Waals surface area (Å²) in [6.45, 7) is 0. The summed E-state index contributed by atoms with van der Waals surface area (Å²) in [5.41, 5.74) is 6.56. The fourth-order valence-corrected chi connectivity index (χ4v) is 1.93. The highest BCUT2D eigenvalue weighted by atomic mass is 16.5. The maximum Gasteiger partial charge on any atom is 0.337 e. The van der Waals surface area contributed by atoms with Gasteiger partial charge in [0.2, 0.25) is 0 Å². The fraction of sp³-hybridized carbons (Fsp3) is 0.0625. The molecule has 0 unspecified atom stereocenters. The number of esters is 1. The van der Waals surface area contributed by atoms with Gasteiger partial charge in [-0.2, -0.15) is 0 Å². The van der Waals surface area contributed by atoms with Gasteiger partial charge in [0.25, 0.3) is 5.91 Å². The molecule has 0 bridgehead atoms. The molecule has 7 nitrogen and oxygen atoms in total. The van der Waals surface area contributed by atoms with E-state index in [1.54, 1.807) is 36.4 Å². The number of primary amides is 1. The van der Waals surface area contributed by atoms with Gasteiger partial charge in [-0.1, -0.05) is 12.1 Å². The number of carbonyl (C=O) groups excluding carboxylic acids is 3. The first-order valence-corrected chi connectivity index (χ1v) is 6.66. The van der Waals surface area contributed by atoms with Crippen LogP contribution in [-0.2, 0) is 4.74 Å². The number of carbonyl (C=O) groups is 3. The highest BCUT2D eigenvalue weighted by Crippen LogP contribution is 2.15. The molecule has 3 amide bonds. The van der Waals surface area contributed by atoms with Crippen LogP contribution in [0.5, 0.6) is 0 Å². The van der Waals surface area contributed by atoms with Crippen molar-refractivity contribution < 1.29 is 19.1 Å². The quantitative estimate of drug-likeness (QED) is 0.751.